The topological polar surface area (TPSA) is 29.1 Å². The fourth-order valence-electron chi connectivity index (χ4n) is 0.963. The maximum absolute atomic E-state index is 12.9. The highest BCUT2D eigenvalue weighted by Crippen LogP contribution is 2.14. The van der Waals surface area contributed by atoms with Gasteiger partial charge in [0.1, 0.15) is 5.82 Å². The average molecular weight is 293 g/mol. The first-order chi connectivity index (χ1) is 6.99. The molecular formula is C10H8BrClFNO. The summed E-state index contributed by atoms with van der Waals surface area (Å²) in [5.74, 6) is -0.865. The molecular weight excluding hydrogens is 284 g/mol. The van der Waals surface area contributed by atoms with Gasteiger partial charge in [-0.25, -0.2) is 4.39 Å². The zero-order valence-electron chi connectivity index (χ0n) is 7.69. The second-order valence-electron chi connectivity index (χ2n) is 2.86. The normalized spacial score (nSPS) is 9.80. The van der Waals surface area contributed by atoms with Gasteiger partial charge in [-0.2, -0.15) is 0 Å². The van der Waals surface area contributed by atoms with Gasteiger partial charge in [-0.15, -0.1) is 0 Å². The van der Waals surface area contributed by atoms with Gasteiger partial charge in [0.25, 0.3) is 5.91 Å². The van der Waals surface area contributed by atoms with E-state index in [1.807, 2.05) is 0 Å². The van der Waals surface area contributed by atoms with Crippen LogP contribution in [0.2, 0.25) is 0 Å². The van der Waals surface area contributed by atoms with E-state index in [2.05, 4.69) is 27.8 Å². The Kier molecular flexibility index (Phi) is 4.29. The zero-order valence-corrected chi connectivity index (χ0v) is 10.0. The van der Waals surface area contributed by atoms with E-state index in [1.54, 1.807) is 0 Å². The van der Waals surface area contributed by atoms with Crippen molar-refractivity contribution >= 4 is 33.4 Å². The fourth-order valence-corrected chi connectivity index (χ4v) is 1.50. The van der Waals surface area contributed by atoms with Crippen molar-refractivity contribution in [3.63, 3.8) is 0 Å². The van der Waals surface area contributed by atoms with Gasteiger partial charge in [-0.3, -0.25) is 4.79 Å². The molecule has 80 valence electrons. The molecule has 0 saturated heterocycles. The van der Waals surface area contributed by atoms with Gasteiger partial charge in [0.15, 0.2) is 0 Å². The third-order valence-corrected chi connectivity index (χ3v) is 2.16. The first-order valence-electron chi connectivity index (χ1n) is 4.06. The van der Waals surface area contributed by atoms with Gasteiger partial charge in [0.2, 0.25) is 0 Å². The van der Waals surface area contributed by atoms with Crippen molar-refractivity contribution in [2.75, 3.05) is 6.54 Å². The predicted molar refractivity (Wildman–Crippen MR) is 61.4 cm³/mol. The minimum absolute atomic E-state index is 0.161. The lowest BCUT2D eigenvalue weighted by molar-refractivity contribution is 0.0957. The summed E-state index contributed by atoms with van der Waals surface area (Å²) in [7, 11) is 0. The number of rotatable bonds is 3. The number of hydrogen-bond donors (Lipinski definition) is 1. The zero-order chi connectivity index (χ0) is 11.4. The van der Waals surface area contributed by atoms with E-state index in [-0.39, 0.29) is 12.1 Å². The van der Waals surface area contributed by atoms with Crippen molar-refractivity contribution in [3.05, 3.63) is 45.7 Å². The quantitative estimate of drug-likeness (QED) is 0.911. The number of benzene rings is 1. The summed E-state index contributed by atoms with van der Waals surface area (Å²) in [5, 5.41) is 2.81. The minimum Gasteiger partial charge on any atom is -0.347 e. The van der Waals surface area contributed by atoms with Crippen LogP contribution in [0, 0.1) is 5.82 Å². The van der Waals surface area contributed by atoms with Crippen LogP contribution >= 0.6 is 27.5 Å². The largest absolute Gasteiger partial charge is 0.347 e. The van der Waals surface area contributed by atoms with E-state index >= 15 is 0 Å². The van der Waals surface area contributed by atoms with E-state index in [4.69, 9.17) is 11.6 Å². The maximum atomic E-state index is 12.9. The van der Waals surface area contributed by atoms with Crippen molar-refractivity contribution in [2.45, 2.75) is 0 Å². The molecule has 0 aliphatic heterocycles. The molecule has 0 aliphatic rings. The first-order valence-corrected chi connectivity index (χ1v) is 5.23. The molecule has 0 unspecified atom stereocenters. The molecule has 0 atom stereocenters. The molecule has 1 rings (SSSR count). The maximum Gasteiger partial charge on any atom is 0.251 e. The third-order valence-electron chi connectivity index (χ3n) is 1.57. The molecule has 0 bridgehead atoms. The number of nitrogens with one attached hydrogen (secondary N) is 1. The summed E-state index contributed by atoms with van der Waals surface area (Å²) in [6, 6.07) is 3.95. The van der Waals surface area contributed by atoms with E-state index < -0.39 is 11.7 Å². The molecule has 1 aromatic rings. The van der Waals surface area contributed by atoms with E-state index in [9.17, 15) is 9.18 Å². The van der Waals surface area contributed by atoms with Crippen LogP contribution in [0.1, 0.15) is 10.4 Å². The van der Waals surface area contributed by atoms with E-state index in [1.165, 1.54) is 12.1 Å². The lowest BCUT2D eigenvalue weighted by atomic mass is 10.2. The van der Waals surface area contributed by atoms with Crippen molar-refractivity contribution in [1.82, 2.24) is 5.32 Å². The lowest BCUT2D eigenvalue weighted by Crippen LogP contribution is -2.24. The van der Waals surface area contributed by atoms with Crippen LogP contribution in [0.3, 0.4) is 0 Å². The number of amides is 1. The van der Waals surface area contributed by atoms with Crippen LogP contribution in [-0.4, -0.2) is 12.5 Å². The lowest BCUT2D eigenvalue weighted by Gasteiger charge is -2.04. The number of carbonyl (C=O) groups is 1. The molecule has 0 spiro atoms. The molecule has 1 aromatic carbocycles. The first kappa shape index (κ1) is 12.2. The summed E-state index contributed by atoms with van der Waals surface area (Å²) in [5.41, 5.74) is 0.236. The molecule has 0 heterocycles. The summed E-state index contributed by atoms with van der Waals surface area (Å²) in [6.07, 6.45) is 0. The number of hydrogen-bond acceptors (Lipinski definition) is 1. The van der Waals surface area contributed by atoms with E-state index in [0.29, 0.717) is 9.51 Å². The standard InChI is InChI=1S/C10H8BrClFNO/c1-6(12)5-14-10(15)7-2-8(11)4-9(13)3-7/h2-4H,1,5H2,(H,14,15). The molecule has 0 aromatic heterocycles. The van der Waals surface area contributed by atoms with Crippen molar-refractivity contribution in [2.24, 2.45) is 0 Å². The Hall–Kier alpha value is -0.870. The Labute approximate surface area is 100 Å². The highest BCUT2D eigenvalue weighted by Gasteiger charge is 2.07. The summed E-state index contributed by atoms with van der Waals surface area (Å²) < 4.78 is 13.4. The number of carbonyl (C=O) groups excluding carboxylic acids is 1. The van der Waals surface area contributed by atoms with Crippen LogP contribution in [0.25, 0.3) is 0 Å². The van der Waals surface area contributed by atoms with Crippen LogP contribution in [-0.2, 0) is 0 Å². The van der Waals surface area contributed by atoms with Crippen molar-refractivity contribution in [1.29, 1.82) is 0 Å². The van der Waals surface area contributed by atoms with Gasteiger partial charge < -0.3 is 5.32 Å². The van der Waals surface area contributed by atoms with Crippen LogP contribution < -0.4 is 5.32 Å². The van der Waals surface area contributed by atoms with E-state index in [0.717, 1.165) is 6.07 Å². The molecule has 2 nitrogen and oxygen atoms in total. The van der Waals surface area contributed by atoms with Gasteiger partial charge in [0, 0.05) is 15.1 Å². The second kappa shape index (κ2) is 5.28. The van der Waals surface area contributed by atoms with Crippen LogP contribution in [0.5, 0.6) is 0 Å². The van der Waals surface area contributed by atoms with Crippen LogP contribution in [0.15, 0.2) is 34.3 Å². The molecule has 1 amide bonds. The average Bonchev–Trinajstić information content (AvgIpc) is 2.12. The Bertz CT molecular complexity index is 388. The Morgan fingerprint density at radius 3 is 2.73 bits per heavy atom. The van der Waals surface area contributed by atoms with Crippen molar-refractivity contribution < 1.29 is 9.18 Å². The third kappa shape index (κ3) is 4.01. The molecule has 5 heteroatoms. The summed E-state index contributed by atoms with van der Waals surface area (Å²) in [6.45, 7) is 3.58. The molecule has 0 saturated carbocycles. The Morgan fingerprint density at radius 1 is 1.53 bits per heavy atom. The monoisotopic (exact) mass is 291 g/mol. The van der Waals surface area contributed by atoms with Gasteiger partial charge in [-0.05, 0) is 18.2 Å². The highest BCUT2D eigenvalue weighted by molar-refractivity contribution is 9.10. The molecule has 0 fully saturated rings. The predicted octanol–water partition coefficient (Wildman–Crippen LogP) is 3.07. The van der Waals surface area contributed by atoms with Gasteiger partial charge >= 0.3 is 0 Å². The van der Waals surface area contributed by atoms with Gasteiger partial charge in [-0.1, -0.05) is 34.1 Å². The molecule has 1 N–H and O–H groups in total. The Balaban J connectivity index is 2.77. The van der Waals surface area contributed by atoms with Gasteiger partial charge in [0.05, 0.1) is 6.54 Å². The summed E-state index contributed by atoms with van der Waals surface area (Å²) in [4.78, 5) is 11.5. The highest BCUT2D eigenvalue weighted by atomic mass is 79.9. The summed E-state index contributed by atoms with van der Waals surface area (Å²) >= 11 is 8.58. The SMILES string of the molecule is C=C(Cl)CNC(=O)c1cc(F)cc(Br)c1. The molecule has 0 radical (unpaired) electrons. The fraction of sp³-hybridized carbons (Fsp3) is 0.100. The van der Waals surface area contributed by atoms with Crippen LogP contribution in [0.4, 0.5) is 4.39 Å². The molecule has 15 heavy (non-hydrogen) atoms. The number of halogens is 3. The second-order valence-corrected chi connectivity index (χ2v) is 4.31. The molecule has 0 aliphatic carbocycles. The Morgan fingerprint density at radius 2 is 2.20 bits per heavy atom. The van der Waals surface area contributed by atoms with Crippen molar-refractivity contribution in [3.8, 4) is 0 Å². The minimum atomic E-state index is -0.473. The smallest absolute Gasteiger partial charge is 0.251 e.